The first-order chi connectivity index (χ1) is 10.8. The van der Waals surface area contributed by atoms with E-state index in [1.54, 1.807) is 11.1 Å². The van der Waals surface area contributed by atoms with Crippen LogP contribution in [0.2, 0.25) is 7.35 Å². The molecule has 0 bridgehead atoms. The third-order valence-electron chi connectivity index (χ3n) is 6.09. The van der Waals surface area contributed by atoms with Crippen LogP contribution in [0.4, 0.5) is 0 Å². The minimum atomic E-state index is -1.86. The van der Waals surface area contributed by atoms with Gasteiger partial charge in [0.1, 0.15) is 0 Å². The summed E-state index contributed by atoms with van der Waals surface area (Å²) in [7, 11) is 0. The maximum atomic E-state index is 2.64. The van der Waals surface area contributed by atoms with Crippen molar-refractivity contribution in [1.29, 1.82) is 0 Å². The first kappa shape index (κ1) is 20.6. The smallest absolute Gasteiger partial charge is 0.147 e. The molecule has 0 saturated carbocycles. The van der Waals surface area contributed by atoms with Crippen molar-refractivity contribution in [3.05, 3.63) is 46.6 Å². The molecular weight excluding hydrogens is 502 g/mol. The summed E-state index contributed by atoms with van der Waals surface area (Å²) in [4.78, 5) is 0. The van der Waals surface area contributed by atoms with Crippen LogP contribution in [-0.4, -0.2) is 3.26 Å². The second-order valence-electron chi connectivity index (χ2n) is 7.64. The van der Waals surface area contributed by atoms with E-state index in [9.17, 15) is 0 Å². The molecule has 24 heavy (non-hydrogen) atoms. The molecule has 0 nitrogen and oxygen atoms in total. The first-order valence-electron chi connectivity index (χ1n) is 9.23. The van der Waals surface area contributed by atoms with Crippen molar-refractivity contribution in [2.24, 2.45) is 0 Å². The largest absolute Gasteiger partial charge is 0.147 e. The van der Waals surface area contributed by atoms with Crippen molar-refractivity contribution in [3.63, 3.8) is 0 Å². The Labute approximate surface area is 167 Å². The number of hydrogen-bond acceptors (Lipinski definition) is 0. The zero-order valence-corrected chi connectivity index (χ0v) is 20.2. The summed E-state index contributed by atoms with van der Waals surface area (Å²) in [6.07, 6.45) is 21.5. The maximum Gasteiger partial charge on any atom is -0.147 e. The molecule has 4 aliphatic carbocycles. The van der Waals surface area contributed by atoms with Gasteiger partial charge < -0.3 is 0 Å². The number of allylic oxidation sites excluding steroid dienone is 8. The molecule has 0 fully saturated rings. The molecule has 2 atom stereocenters. The van der Waals surface area contributed by atoms with Crippen LogP contribution in [0, 0.1) is 0 Å². The zero-order chi connectivity index (χ0) is 15.1. The standard InChI is InChI=1S/2C9H11.C3H6.2ClH.Hf/c2*1-2-5-9-7-3-6-8(9)4-1;1-3-2;;;/h2*3,6-7H,1-2,4-5H2;1-2H3;2*1H;. The van der Waals surface area contributed by atoms with E-state index < -0.39 is 21.0 Å². The van der Waals surface area contributed by atoms with Crippen LogP contribution >= 0.6 is 24.8 Å². The molecule has 4 rings (SSSR count). The predicted molar refractivity (Wildman–Crippen MR) is 108 cm³/mol. The Kier molecular flexibility index (Phi) is 7.53. The molecule has 0 heterocycles. The van der Waals surface area contributed by atoms with Gasteiger partial charge in [0.25, 0.3) is 0 Å². The van der Waals surface area contributed by atoms with E-state index in [-0.39, 0.29) is 24.8 Å². The molecule has 0 aromatic carbocycles. The van der Waals surface area contributed by atoms with Crippen molar-refractivity contribution in [3.8, 4) is 0 Å². The van der Waals surface area contributed by atoms with Crippen LogP contribution in [0.25, 0.3) is 0 Å². The van der Waals surface area contributed by atoms with Crippen molar-refractivity contribution in [1.82, 2.24) is 0 Å². The van der Waals surface area contributed by atoms with Crippen LogP contribution in [-0.2, 0) is 21.0 Å². The summed E-state index contributed by atoms with van der Waals surface area (Å²) in [5, 5.41) is 0. The summed E-state index contributed by atoms with van der Waals surface area (Å²) in [5.41, 5.74) is 7.24. The van der Waals surface area contributed by atoms with Crippen molar-refractivity contribution in [2.75, 3.05) is 0 Å². The molecular formula is C21H30Cl2Hf. The van der Waals surface area contributed by atoms with Gasteiger partial charge in [-0.25, -0.2) is 0 Å². The van der Waals surface area contributed by atoms with Gasteiger partial charge in [0.15, 0.2) is 0 Å². The van der Waals surface area contributed by atoms with Gasteiger partial charge in [0, 0.05) is 0 Å². The molecule has 2 unspecified atom stereocenters. The summed E-state index contributed by atoms with van der Waals surface area (Å²) >= 11 is -1.86. The summed E-state index contributed by atoms with van der Waals surface area (Å²) < 4.78 is 3.63. The molecule has 0 aromatic heterocycles. The summed E-state index contributed by atoms with van der Waals surface area (Å²) in [6, 6.07) is 0. The van der Waals surface area contributed by atoms with Gasteiger partial charge in [0.05, 0.1) is 0 Å². The van der Waals surface area contributed by atoms with E-state index in [1.807, 2.05) is 14.4 Å². The Morgan fingerprint density at radius 3 is 1.58 bits per heavy atom. The summed E-state index contributed by atoms with van der Waals surface area (Å²) in [5.74, 6) is 0. The molecule has 0 N–H and O–H groups in total. The average molecular weight is 532 g/mol. The third-order valence-corrected chi connectivity index (χ3v) is 18.9. The van der Waals surface area contributed by atoms with E-state index in [2.05, 4.69) is 38.2 Å². The quantitative estimate of drug-likeness (QED) is 0.333. The van der Waals surface area contributed by atoms with E-state index >= 15 is 0 Å². The van der Waals surface area contributed by atoms with Crippen LogP contribution in [0.5, 0.6) is 0 Å². The predicted octanol–water partition coefficient (Wildman–Crippen LogP) is 7.12. The monoisotopic (exact) mass is 532 g/mol. The summed E-state index contributed by atoms with van der Waals surface area (Å²) in [6.45, 7) is 4.93. The molecule has 132 valence electrons. The van der Waals surface area contributed by atoms with E-state index in [4.69, 9.17) is 0 Å². The molecule has 0 spiro atoms. The Morgan fingerprint density at radius 1 is 0.750 bits per heavy atom. The number of halogens is 2. The maximum absolute atomic E-state index is 2.64. The SMILES string of the molecule is C[C](C)=[Hf]([CH]1C=CC2=C1CCCC2)[CH]1C=CC2=C1CCCC2.Cl.Cl. The van der Waals surface area contributed by atoms with E-state index in [0.29, 0.717) is 0 Å². The zero-order valence-electron chi connectivity index (χ0n) is 14.9. The fourth-order valence-corrected chi connectivity index (χ4v) is 18.2. The van der Waals surface area contributed by atoms with Gasteiger partial charge >= 0.3 is 143 Å². The molecule has 0 saturated heterocycles. The van der Waals surface area contributed by atoms with Crippen molar-refractivity contribution < 1.29 is 21.0 Å². The van der Waals surface area contributed by atoms with Gasteiger partial charge in [-0.2, -0.15) is 0 Å². The second kappa shape index (κ2) is 8.78. The number of hydrogen-bond donors (Lipinski definition) is 0. The molecule has 3 heteroatoms. The molecule has 4 aliphatic rings. The van der Waals surface area contributed by atoms with Crippen LogP contribution in [0.15, 0.2) is 46.6 Å². The fraction of sp³-hybridized carbons (Fsp3) is 0.571. The van der Waals surface area contributed by atoms with Crippen LogP contribution in [0.3, 0.4) is 0 Å². The normalized spacial score (nSPS) is 27.4. The Hall–Kier alpha value is 0.280. The Morgan fingerprint density at radius 2 is 1.17 bits per heavy atom. The fourth-order valence-electron chi connectivity index (χ4n) is 5.05. The third kappa shape index (κ3) is 3.69. The molecule has 0 aliphatic heterocycles. The topological polar surface area (TPSA) is 0 Å². The first-order valence-corrected chi connectivity index (χ1v) is 15.2. The Balaban J connectivity index is 0.00000104. The van der Waals surface area contributed by atoms with Gasteiger partial charge in [-0.05, 0) is 0 Å². The van der Waals surface area contributed by atoms with Gasteiger partial charge in [-0.3, -0.25) is 0 Å². The second-order valence-corrected chi connectivity index (χ2v) is 19.0. The Bertz CT molecular complexity index is 595. The van der Waals surface area contributed by atoms with Gasteiger partial charge in [0.2, 0.25) is 0 Å². The van der Waals surface area contributed by atoms with Crippen molar-refractivity contribution >= 4 is 28.1 Å². The number of rotatable bonds is 2. The molecule has 0 radical (unpaired) electrons. The minimum Gasteiger partial charge on any atom is -0.147 e. The van der Waals surface area contributed by atoms with E-state index in [0.717, 1.165) is 7.35 Å². The van der Waals surface area contributed by atoms with E-state index in [1.165, 1.54) is 51.4 Å². The average Bonchev–Trinajstić information content (AvgIpc) is 3.13. The van der Waals surface area contributed by atoms with Crippen molar-refractivity contribution in [2.45, 2.75) is 72.6 Å². The minimum absolute atomic E-state index is 0. The van der Waals surface area contributed by atoms with Gasteiger partial charge in [-0.15, -0.1) is 24.8 Å². The van der Waals surface area contributed by atoms with Gasteiger partial charge in [-0.1, -0.05) is 0 Å². The molecule has 0 amide bonds. The molecule has 0 aromatic rings. The van der Waals surface area contributed by atoms with Crippen LogP contribution < -0.4 is 0 Å². The van der Waals surface area contributed by atoms with Crippen LogP contribution in [0.1, 0.15) is 65.2 Å².